The van der Waals surface area contributed by atoms with Gasteiger partial charge < -0.3 is 14.8 Å². The SMILES string of the molecule is C=CCn1nnnc1NCc1cc(OC)c(OC)cc1Br. The first-order chi connectivity index (χ1) is 10.2. The molecule has 1 N–H and O–H groups in total. The van der Waals surface area contributed by atoms with Crippen molar-refractivity contribution in [3.63, 3.8) is 0 Å². The second-order valence-electron chi connectivity index (χ2n) is 4.13. The second kappa shape index (κ2) is 7.07. The Morgan fingerprint density at radius 3 is 2.71 bits per heavy atom. The number of tetrazole rings is 1. The van der Waals surface area contributed by atoms with Crippen molar-refractivity contribution in [2.24, 2.45) is 0 Å². The summed E-state index contributed by atoms with van der Waals surface area (Å²) < 4.78 is 13.1. The van der Waals surface area contributed by atoms with Crippen molar-refractivity contribution in [1.29, 1.82) is 0 Å². The maximum atomic E-state index is 5.30. The number of nitrogens with zero attached hydrogens (tertiary/aromatic N) is 4. The lowest BCUT2D eigenvalue weighted by Gasteiger charge is -2.12. The average Bonchev–Trinajstić information content (AvgIpc) is 2.93. The van der Waals surface area contributed by atoms with Crippen LogP contribution in [0.2, 0.25) is 0 Å². The van der Waals surface area contributed by atoms with Crippen LogP contribution in [-0.4, -0.2) is 34.4 Å². The number of anilines is 1. The Morgan fingerprint density at radius 1 is 1.33 bits per heavy atom. The Labute approximate surface area is 131 Å². The van der Waals surface area contributed by atoms with Crippen LogP contribution in [0.4, 0.5) is 5.95 Å². The molecule has 0 radical (unpaired) electrons. The van der Waals surface area contributed by atoms with E-state index in [4.69, 9.17) is 9.47 Å². The van der Waals surface area contributed by atoms with E-state index in [2.05, 4.69) is 43.4 Å². The number of ether oxygens (including phenoxy) is 2. The van der Waals surface area contributed by atoms with Crippen molar-refractivity contribution >= 4 is 21.9 Å². The minimum Gasteiger partial charge on any atom is -0.493 e. The van der Waals surface area contributed by atoms with E-state index in [9.17, 15) is 0 Å². The van der Waals surface area contributed by atoms with E-state index in [-0.39, 0.29) is 0 Å². The van der Waals surface area contributed by atoms with Gasteiger partial charge in [0, 0.05) is 11.0 Å². The molecule has 0 aliphatic heterocycles. The molecule has 0 saturated carbocycles. The fourth-order valence-electron chi connectivity index (χ4n) is 1.78. The highest BCUT2D eigenvalue weighted by Gasteiger charge is 2.11. The van der Waals surface area contributed by atoms with Crippen LogP contribution in [0.3, 0.4) is 0 Å². The van der Waals surface area contributed by atoms with E-state index in [1.165, 1.54) is 0 Å². The monoisotopic (exact) mass is 353 g/mol. The maximum absolute atomic E-state index is 5.30. The Hall–Kier alpha value is -2.09. The molecule has 0 amide bonds. The van der Waals surface area contributed by atoms with Gasteiger partial charge in [-0.05, 0) is 28.1 Å². The number of aromatic nitrogens is 4. The minimum absolute atomic E-state index is 0.540. The highest BCUT2D eigenvalue weighted by atomic mass is 79.9. The highest BCUT2D eigenvalue weighted by Crippen LogP contribution is 2.33. The summed E-state index contributed by atoms with van der Waals surface area (Å²) in [5.74, 6) is 1.92. The third-order valence-corrected chi connectivity index (χ3v) is 3.56. The van der Waals surface area contributed by atoms with Gasteiger partial charge in [-0.1, -0.05) is 27.1 Å². The first kappa shape index (κ1) is 15.3. The van der Waals surface area contributed by atoms with Gasteiger partial charge in [-0.15, -0.1) is 6.58 Å². The van der Waals surface area contributed by atoms with Crippen LogP contribution in [0.1, 0.15) is 5.56 Å². The zero-order valence-electron chi connectivity index (χ0n) is 11.8. The summed E-state index contributed by atoms with van der Waals surface area (Å²) in [5, 5.41) is 14.6. The summed E-state index contributed by atoms with van der Waals surface area (Å²) in [7, 11) is 3.21. The summed E-state index contributed by atoms with van der Waals surface area (Å²) in [4.78, 5) is 0. The standard InChI is InChI=1S/C13H16BrN5O2/c1-4-5-19-13(16-17-18-19)15-8-9-6-11(20-2)12(21-3)7-10(9)14/h4,6-7H,1,5,8H2,2-3H3,(H,15,16,18). The molecule has 0 spiro atoms. The molecule has 7 nitrogen and oxygen atoms in total. The molecule has 21 heavy (non-hydrogen) atoms. The topological polar surface area (TPSA) is 74.1 Å². The number of benzene rings is 1. The van der Waals surface area contributed by atoms with E-state index >= 15 is 0 Å². The van der Waals surface area contributed by atoms with E-state index < -0.39 is 0 Å². The summed E-state index contributed by atoms with van der Waals surface area (Å²) in [6, 6.07) is 3.76. The number of hydrogen-bond acceptors (Lipinski definition) is 6. The number of rotatable bonds is 7. The summed E-state index contributed by atoms with van der Waals surface area (Å²) in [6.45, 7) is 4.75. The highest BCUT2D eigenvalue weighted by molar-refractivity contribution is 9.10. The first-order valence-corrected chi connectivity index (χ1v) is 7.00. The molecular formula is C13H16BrN5O2. The zero-order valence-corrected chi connectivity index (χ0v) is 13.4. The van der Waals surface area contributed by atoms with E-state index in [0.717, 1.165) is 10.0 Å². The third-order valence-electron chi connectivity index (χ3n) is 2.82. The molecular weight excluding hydrogens is 338 g/mol. The summed E-state index contributed by atoms with van der Waals surface area (Å²) >= 11 is 3.51. The molecule has 112 valence electrons. The van der Waals surface area contributed by atoms with Gasteiger partial charge in [0.15, 0.2) is 11.5 Å². The van der Waals surface area contributed by atoms with Gasteiger partial charge in [0.05, 0.1) is 20.8 Å². The smallest absolute Gasteiger partial charge is 0.243 e. The van der Waals surface area contributed by atoms with Crippen LogP contribution in [0.25, 0.3) is 0 Å². The fourth-order valence-corrected chi connectivity index (χ4v) is 2.25. The van der Waals surface area contributed by atoms with Gasteiger partial charge in [-0.25, -0.2) is 4.68 Å². The largest absolute Gasteiger partial charge is 0.493 e. The third kappa shape index (κ3) is 3.52. The Balaban J connectivity index is 2.16. The van der Waals surface area contributed by atoms with Gasteiger partial charge in [-0.2, -0.15) is 0 Å². The van der Waals surface area contributed by atoms with E-state index in [0.29, 0.717) is 30.5 Å². The van der Waals surface area contributed by atoms with Gasteiger partial charge in [-0.3, -0.25) is 0 Å². The predicted octanol–water partition coefficient (Wildman–Crippen LogP) is 2.25. The molecule has 1 aromatic heterocycles. The minimum atomic E-state index is 0.540. The second-order valence-corrected chi connectivity index (χ2v) is 4.98. The van der Waals surface area contributed by atoms with Crippen LogP contribution in [-0.2, 0) is 13.1 Å². The number of allylic oxidation sites excluding steroid dienone is 1. The van der Waals surface area contributed by atoms with Crippen LogP contribution in [0.15, 0.2) is 29.3 Å². The van der Waals surface area contributed by atoms with Crippen LogP contribution >= 0.6 is 15.9 Å². The van der Waals surface area contributed by atoms with Gasteiger partial charge in [0.1, 0.15) is 0 Å². The van der Waals surface area contributed by atoms with Crippen molar-refractivity contribution in [2.45, 2.75) is 13.1 Å². The molecule has 0 aliphatic rings. The molecule has 2 aromatic rings. The predicted molar refractivity (Wildman–Crippen MR) is 82.6 cm³/mol. The molecule has 1 heterocycles. The lowest BCUT2D eigenvalue weighted by molar-refractivity contribution is 0.354. The number of halogens is 1. The molecule has 0 unspecified atom stereocenters. The zero-order chi connectivity index (χ0) is 15.2. The normalized spacial score (nSPS) is 10.2. The molecule has 0 aliphatic carbocycles. The molecule has 0 fully saturated rings. The lowest BCUT2D eigenvalue weighted by atomic mass is 10.2. The van der Waals surface area contributed by atoms with Crippen molar-refractivity contribution < 1.29 is 9.47 Å². The van der Waals surface area contributed by atoms with Crippen LogP contribution in [0, 0.1) is 0 Å². The van der Waals surface area contributed by atoms with Gasteiger partial charge >= 0.3 is 0 Å². The summed E-state index contributed by atoms with van der Waals surface area (Å²) in [6.07, 6.45) is 1.73. The Bertz CT molecular complexity index is 629. The van der Waals surface area contributed by atoms with Crippen molar-refractivity contribution in [2.75, 3.05) is 19.5 Å². The Kier molecular flexibility index (Phi) is 5.15. The molecule has 2 rings (SSSR count). The van der Waals surface area contributed by atoms with E-state index in [1.807, 2.05) is 12.1 Å². The fraction of sp³-hybridized carbons (Fsp3) is 0.308. The molecule has 0 bridgehead atoms. The maximum Gasteiger partial charge on any atom is 0.243 e. The molecule has 1 aromatic carbocycles. The number of methoxy groups -OCH3 is 2. The van der Waals surface area contributed by atoms with Gasteiger partial charge in [0.2, 0.25) is 5.95 Å². The number of nitrogens with one attached hydrogen (secondary N) is 1. The number of hydrogen-bond donors (Lipinski definition) is 1. The van der Waals surface area contributed by atoms with E-state index in [1.54, 1.807) is 25.0 Å². The van der Waals surface area contributed by atoms with Crippen molar-refractivity contribution in [1.82, 2.24) is 20.2 Å². The lowest BCUT2D eigenvalue weighted by Crippen LogP contribution is -2.08. The summed E-state index contributed by atoms with van der Waals surface area (Å²) in [5.41, 5.74) is 1.00. The average molecular weight is 354 g/mol. The molecule has 8 heteroatoms. The Morgan fingerprint density at radius 2 is 2.05 bits per heavy atom. The molecule has 0 atom stereocenters. The van der Waals surface area contributed by atoms with Crippen LogP contribution in [0.5, 0.6) is 11.5 Å². The first-order valence-electron chi connectivity index (χ1n) is 6.21. The van der Waals surface area contributed by atoms with Crippen molar-refractivity contribution in [3.05, 3.63) is 34.8 Å². The van der Waals surface area contributed by atoms with Crippen molar-refractivity contribution in [3.8, 4) is 11.5 Å². The molecule has 0 saturated heterocycles. The van der Waals surface area contributed by atoms with Gasteiger partial charge in [0.25, 0.3) is 0 Å². The van der Waals surface area contributed by atoms with Crippen LogP contribution < -0.4 is 14.8 Å². The quantitative estimate of drug-likeness (QED) is 0.769.